The van der Waals surface area contributed by atoms with Crippen LogP contribution in [-0.4, -0.2) is 9.97 Å². The Hall–Kier alpha value is -2.10. The normalized spacial score (nSPS) is 9.93. The predicted octanol–water partition coefficient (Wildman–Crippen LogP) is 2.11. The van der Waals surface area contributed by atoms with Crippen LogP contribution < -0.4 is 11.1 Å². The summed E-state index contributed by atoms with van der Waals surface area (Å²) in [7, 11) is 0. The Bertz CT molecular complexity index is 453. The molecule has 0 fully saturated rings. The number of aromatic nitrogens is 2. The number of nitrogens with one attached hydrogen (secondary N) is 1. The van der Waals surface area contributed by atoms with Crippen molar-refractivity contribution in [2.24, 2.45) is 0 Å². The summed E-state index contributed by atoms with van der Waals surface area (Å²) < 4.78 is 0. The lowest BCUT2D eigenvalue weighted by Crippen LogP contribution is -1.98. The van der Waals surface area contributed by atoms with Gasteiger partial charge in [-0.15, -0.1) is 0 Å². The van der Waals surface area contributed by atoms with Crippen LogP contribution in [0.5, 0.6) is 0 Å². The molecule has 0 amide bonds. The Balaban J connectivity index is 2.25. The molecule has 4 heteroatoms. The van der Waals surface area contributed by atoms with Gasteiger partial charge in [0.2, 0.25) is 0 Å². The van der Waals surface area contributed by atoms with Crippen LogP contribution in [0, 0.1) is 6.92 Å². The molecule has 2 rings (SSSR count). The van der Waals surface area contributed by atoms with Crippen LogP contribution in [0.15, 0.2) is 36.8 Å². The zero-order valence-corrected chi connectivity index (χ0v) is 8.44. The third-order valence-electron chi connectivity index (χ3n) is 2.02. The first-order chi connectivity index (χ1) is 7.25. The molecule has 0 saturated carbocycles. The van der Waals surface area contributed by atoms with Gasteiger partial charge in [-0.2, -0.15) is 0 Å². The van der Waals surface area contributed by atoms with Gasteiger partial charge < -0.3 is 11.1 Å². The number of pyridine rings is 2. The van der Waals surface area contributed by atoms with Crippen molar-refractivity contribution in [2.75, 3.05) is 11.1 Å². The third-order valence-corrected chi connectivity index (χ3v) is 2.02. The van der Waals surface area contributed by atoms with E-state index in [-0.39, 0.29) is 0 Å². The number of nitrogens with zero attached hydrogens (tertiary/aromatic N) is 2. The van der Waals surface area contributed by atoms with Gasteiger partial charge in [0.1, 0.15) is 5.82 Å². The highest BCUT2D eigenvalue weighted by Crippen LogP contribution is 2.18. The molecule has 76 valence electrons. The molecule has 2 aromatic heterocycles. The van der Waals surface area contributed by atoms with E-state index in [2.05, 4.69) is 15.3 Å². The smallest absolute Gasteiger partial charge is 0.133 e. The molecule has 0 atom stereocenters. The zero-order chi connectivity index (χ0) is 10.7. The van der Waals surface area contributed by atoms with Crippen LogP contribution in [0.2, 0.25) is 0 Å². The molecule has 2 aromatic rings. The maximum atomic E-state index is 5.62. The molecule has 0 saturated heterocycles. The van der Waals surface area contributed by atoms with E-state index < -0.39 is 0 Å². The second kappa shape index (κ2) is 3.96. The fourth-order valence-electron chi connectivity index (χ4n) is 1.30. The molecular formula is C11H12N4. The summed E-state index contributed by atoms with van der Waals surface area (Å²) in [5.74, 6) is 0.803. The van der Waals surface area contributed by atoms with E-state index in [1.807, 2.05) is 25.1 Å². The maximum Gasteiger partial charge on any atom is 0.133 e. The molecule has 4 nitrogen and oxygen atoms in total. The Morgan fingerprint density at radius 3 is 2.87 bits per heavy atom. The van der Waals surface area contributed by atoms with Gasteiger partial charge in [-0.3, -0.25) is 4.98 Å². The van der Waals surface area contributed by atoms with Crippen molar-refractivity contribution < 1.29 is 0 Å². The Morgan fingerprint density at radius 2 is 2.20 bits per heavy atom. The maximum absolute atomic E-state index is 5.62. The highest BCUT2D eigenvalue weighted by atomic mass is 15.0. The van der Waals surface area contributed by atoms with Crippen LogP contribution in [0.1, 0.15) is 5.56 Å². The summed E-state index contributed by atoms with van der Waals surface area (Å²) in [4.78, 5) is 8.22. The van der Waals surface area contributed by atoms with Crippen molar-refractivity contribution in [3.05, 3.63) is 42.4 Å². The van der Waals surface area contributed by atoms with Gasteiger partial charge in [0, 0.05) is 6.20 Å². The monoisotopic (exact) mass is 200 g/mol. The lowest BCUT2D eigenvalue weighted by Gasteiger charge is -2.07. The molecule has 0 aliphatic heterocycles. The number of nitrogen functional groups attached to an aromatic ring is 1. The van der Waals surface area contributed by atoms with Crippen molar-refractivity contribution in [1.29, 1.82) is 0 Å². The number of rotatable bonds is 2. The fraction of sp³-hybridized carbons (Fsp3) is 0.0909. The topological polar surface area (TPSA) is 63.8 Å². The van der Waals surface area contributed by atoms with Crippen LogP contribution >= 0.6 is 0 Å². The van der Waals surface area contributed by atoms with Crippen molar-refractivity contribution in [2.45, 2.75) is 6.92 Å². The number of hydrogen-bond donors (Lipinski definition) is 2. The number of aryl methyl sites for hydroxylation is 1. The summed E-state index contributed by atoms with van der Waals surface area (Å²) in [6, 6.07) is 5.69. The minimum atomic E-state index is 0.671. The summed E-state index contributed by atoms with van der Waals surface area (Å²) in [5.41, 5.74) is 8.22. The van der Waals surface area contributed by atoms with Gasteiger partial charge in [-0.05, 0) is 30.7 Å². The second-order valence-electron chi connectivity index (χ2n) is 3.30. The van der Waals surface area contributed by atoms with Gasteiger partial charge in [-0.1, -0.05) is 0 Å². The third kappa shape index (κ3) is 2.22. The van der Waals surface area contributed by atoms with E-state index in [4.69, 9.17) is 5.73 Å². The van der Waals surface area contributed by atoms with E-state index in [1.54, 1.807) is 18.6 Å². The van der Waals surface area contributed by atoms with E-state index in [0.29, 0.717) is 5.69 Å². The van der Waals surface area contributed by atoms with Gasteiger partial charge in [-0.25, -0.2) is 4.98 Å². The Kier molecular flexibility index (Phi) is 2.49. The van der Waals surface area contributed by atoms with Crippen molar-refractivity contribution in [1.82, 2.24) is 9.97 Å². The predicted molar refractivity (Wildman–Crippen MR) is 60.9 cm³/mol. The van der Waals surface area contributed by atoms with Gasteiger partial charge in [0.05, 0.1) is 23.8 Å². The summed E-state index contributed by atoms with van der Waals surface area (Å²) in [6.07, 6.45) is 5.11. The Morgan fingerprint density at radius 1 is 1.33 bits per heavy atom. The minimum absolute atomic E-state index is 0.671. The largest absolute Gasteiger partial charge is 0.397 e. The summed E-state index contributed by atoms with van der Waals surface area (Å²) in [6.45, 7) is 1.96. The molecule has 3 N–H and O–H groups in total. The summed E-state index contributed by atoms with van der Waals surface area (Å²) in [5, 5.41) is 3.17. The lowest BCUT2D eigenvalue weighted by atomic mass is 10.2. The SMILES string of the molecule is Cc1cc(N)cnc1Nc1cccnc1. The fourth-order valence-corrected chi connectivity index (χ4v) is 1.30. The lowest BCUT2D eigenvalue weighted by molar-refractivity contribution is 1.24. The van der Waals surface area contributed by atoms with Gasteiger partial charge >= 0.3 is 0 Å². The van der Waals surface area contributed by atoms with Crippen molar-refractivity contribution in [3.63, 3.8) is 0 Å². The number of anilines is 3. The zero-order valence-electron chi connectivity index (χ0n) is 8.44. The number of nitrogens with two attached hydrogens (primary N) is 1. The molecule has 0 radical (unpaired) electrons. The highest BCUT2D eigenvalue weighted by Gasteiger charge is 2.00. The van der Waals surface area contributed by atoms with Crippen molar-refractivity contribution >= 4 is 17.2 Å². The molecule has 0 unspecified atom stereocenters. The van der Waals surface area contributed by atoms with Crippen LogP contribution in [0.25, 0.3) is 0 Å². The number of hydrogen-bond acceptors (Lipinski definition) is 4. The first-order valence-electron chi connectivity index (χ1n) is 4.65. The molecular weight excluding hydrogens is 188 g/mol. The van der Waals surface area contributed by atoms with Crippen molar-refractivity contribution in [3.8, 4) is 0 Å². The molecule has 0 aliphatic carbocycles. The van der Waals surface area contributed by atoms with Crippen LogP contribution in [0.3, 0.4) is 0 Å². The van der Waals surface area contributed by atoms with E-state index >= 15 is 0 Å². The van der Waals surface area contributed by atoms with Crippen LogP contribution in [-0.2, 0) is 0 Å². The quantitative estimate of drug-likeness (QED) is 0.779. The van der Waals surface area contributed by atoms with E-state index in [1.165, 1.54) is 0 Å². The van der Waals surface area contributed by atoms with Gasteiger partial charge in [0.15, 0.2) is 0 Å². The first kappa shape index (κ1) is 9.45. The molecule has 15 heavy (non-hydrogen) atoms. The Labute approximate surface area is 88.2 Å². The molecule has 0 bridgehead atoms. The van der Waals surface area contributed by atoms with Crippen LogP contribution in [0.4, 0.5) is 17.2 Å². The molecule has 0 aromatic carbocycles. The average Bonchev–Trinajstić information content (AvgIpc) is 2.24. The van der Waals surface area contributed by atoms with E-state index in [0.717, 1.165) is 17.1 Å². The summed E-state index contributed by atoms with van der Waals surface area (Å²) >= 11 is 0. The highest BCUT2D eigenvalue weighted by molar-refractivity contribution is 5.60. The second-order valence-corrected chi connectivity index (χ2v) is 3.30. The minimum Gasteiger partial charge on any atom is -0.397 e. The standard InChI is InChI=1S/C11H12N4/c1-8-5-9(12)6-14-11(8)15-10-3-2-4-13-7-10/h2-7H,12H2,1H3,(H,14,15). The average molecular weight is 200 g/mol. The molecule has 0 spiro atoms. The molecule has 2 heterocycles. The van der Waals surface area contributed by atoms with E-state index in [9.17, 15) is 0 Å². The van der Waals surface area contributed by atoms with Gasteiger partial charge in [0.25, 0.3) is 0 Å². The first-order valence-corrected chi connectivity index (χ1v) is 4.65. The molecule has 0 aliphatic rings.